The molecule has 1 aromatic carbocycles. The largest absolute Gasteiger partial charge is 0.497 e. The molecule has 1 unspecified atom stereocenters. The molecule has 0 radical (unpaired) electrons. The van der Waals surface area contributed by atoms with Crippen molar-refractivity contribution in [2.24, 2.45) is 5.92 Å². The van der Waals surface area contributed by atoms with E-state index in [4.69, 9.17) is 4.74 Å². The summed E-state index contributed by atoms with van der Waals surface area (Å²) in [5, 5.41) is 0. The minimum absolute atomic E-state index is 0.148. The number of benzene rings is 1. The van der Waals surface area contributed by atoms with Crippen LogP contribution >= 0.6 is 0 Å². The molecule has 3 rings (SSSR count). The number of rotatable bonds is 8. The summed E-state index contributed by atoms with van der Waals surface area (Å²) in [6.45, 7) is 4.11. The third-order valence-corrected chi connectivity index (χ3v) is 5.33. The lowest BCUT2D eigenvalue weighted by Gasteiger charge is -2.34. The summed E-state index contributed by atoms with van der Waals surface area (Å²) in [5.41, 5.74) is 2.21. The van der Waals surface area contributed by atoms with Gasteiger partial charge < -0.3 is 19.5 Å². The van der Waals surface area contributed by atoms with Crippen molar-refractivity contribution in [2.75, 3.05) is 40.3 Å². The molecule has 1 amide bonds. The van der Waals surface area contributed by atoms with E-state index < -0.39 is 0 Å². The molecule has 6 nitrogen and oxygen atoms in total. The number of imidazole rings is 1. The number of nitrogens with zero attached hydrogens (tertiary/aromatic N) is 3. The number of amides is 1. The number of H-pyrrole nitrogens is 1. The Morgan fingerprint density at radius 2 is 2.19 bits per heavy atom. The molecule has 27 heavy (non-hydrogen) atoms. The van der Waals surface area contributed by atoms with E-state index in [1.165, 1.54) is 18.4 Å². The third-order valence-electron chi connectivity index (χ3n) is 5.33. The minimum Gasteiger partial charge on any atom is -0.497 e. The summed E-state index contributed by atoms with van der Waals surface area (Å²) >= 11 is 0. The van der Waals surface area contributed by atoms with E-state index in [1.807, 2.05) is 24.1 Å². The molecule has 0 spiro atoms. The molecular formula is C21H30N4O2. The molecular weight excluding hydrogens is 340 g/mol. The van der Waals surface area contributed by atoms with Crippen LogP contribution in [0.3, 0.4) is 0 Å². The fraction of sp³-hybridized carbons (Fsp3) is 0.524. The molecule has 2 aromatic rings. The third kappa shape index (κ3) is 5.82. The zero-order valence-electron chi connectivity index (χ0n) is 16.4. The predicted octanol–water partition coefficient (Wildman–Crippen LogP) is 2.37. The number of carbonyl (C=O) groups is 1. The number of nitrogens with one attached hydrogen (secondary N) is 1. The van der Waals surface area contributed by atoms with Crippen LogP contribution in [0.25, 0.3) is 0 Å². The molecule has 1 aromatic heterocycles. The van der Waals surface area contributed by atoms with Gasteiger partial charge >= 0.3 is 0 Å². The van der Waals surface area contributed by atoms with Gasteiger partial charge in [0.1, 0.15) is 5.75 Å². The van der Waals surface area contributed by atoms with Gasteiger partial charge in [-0.25, -0.2) is 4.98 Å². The first-order valence-corrected chi connectivity index (χ1v) is 9.70. The number of piperidine rings is 1. The quantitative estimate of drug-likeness (QED) is 0.775. The molecule has 2 heterocycles. The van der Waals surface area contributed by atoms with Gasteiger partial charge in [0, 0.05) is 38.6 Å². The van der Waals surface area contributed by atoms with Crippen molar-refractivity contribution in [3.63, 3.8) is 0 Å². The molecule has 6 heteroatoms. The van der Waals surface area contributed by atoms with Crippen molar-refractivity contribution in [3.05, 3.63) is 48.0 Å². The summed E-state index contributed by atoms with van der Waals surface area (Å²) in [6.07, 6.45) is 7.17. The van der Waals surface area contributed by atoms with Crippen molar-refractivity contribution in [2.45, 2.75) is 25.7 Å². The van der Waals surface area contributed by atoms with Gasteiger partial charge in [0.05, 0.1) is 19.9 Å². The first kappa shape index (κ1) is 19.4. The van der Waals surface area contributed by atoms with Crippen molar-refractivity contribution in [1.82, 2.24) is 19.8 Å². The molecule has 0 saturated carbocycles. The smallest absolute Gasteiger partial charge is 0.228 e. The minimum atomic E-state index is 0.148. The maximum atomic E-state index is 12.4. The van der Waals surface area contributed by atoms with Gasteiger partial charge in [-0.15, -0.1) is 0 Å². The van der Waals surface area contributed by atoms with Crippen LogP contribution in [-0.2, 0) is 17.6 Å². The van der Waals surface area contributed by atoms with E-state index in [9.17, 15) is 4.79 Å². The highest BCUT2D eigenvalue weighted by Gasteiger charge is 2.22. The zero-order chi connectivity index (χ0) is 19.1. The predicted molar refractivity (Wildman–Crippen MR) is 106 cm³/mol. The van der Waals surface area contributed by atoms with Gasteiger partial charge in [0.25, 0.3) is 0 Å². The van der Waals surface area contributed by atoms with Crippen molar-refractivity contribution in [1.29, 1.82) is 0 Å². The highest BCUT2D eigenvalue weighted by molar-refractivity contribution is 5.77. The van der Waals surface area contributed by atoms with Crippen molar-refractivity contribution < 1.29 is 9.53 Å². The second-order valence-electron chi connectivity index (χ2n) is 7.43. The number of likely N-dealkylation sites (tertiary alicyclic amines) is 1. The summed E-state index contributed by atoms with van der Waals surface area (Å²) in [7, 11) is 3.61. The summed E-state index contributed by atoms with van der Waals surface area (Å²) in [5.74, 6) is 1.60. The van der Waals surface area contributed by atoms with Crippen LogP contribution in [0.4, 0.5) is 0 Å². The lowest BCUT2D eigenvalue weighted by atomic mass is 9.97. The molecule has 1 saturated heterocycles. The topological polar surface area (TPSA) is 61.5 Å². The number of methoxy groups -OCH3 is 1. The summed E-state index contributed by atoms with van der Waals surface area (Å²) < 4.78 is 5.22. The van der Waals surface area contributed by atoms with Crippen LogP contribution in [0, 0.1) is 5.92 Å². The lowest BCUT2D eigenvalue weighted by Crippen LogP contribution is -2.42. The summed E-state index contributed by atoms with van der Waals surface area (Å²) in [6, 6.07) is 8.33. The fourth-order valence-electron chi connectivity index (χ4n) is 3.75. The Kier molecular flexibility index (Phi) is 6.87. The lowest BCUT2D eigenvalue weighted by molar-refractivity contribution is -0.130. The highest BCUT2D eigenvalue weighted by Crippen LogP contribution is 2.19. The van der Waals surface area contributed by atoms with E-state index in [1.54, 1.807) is 19.6 Å². The molecule has 1 fully saturated rings. The number of likely N-dealkylation sites (N-methyl/N-ethyl adjacent to an activating group) is 1. The van der Waals surface area contributed by atoms with Gasteiger partial charge in [0.2, 0.25) is 5.91 Å². The van der Waals surface area contributed by atoms with Crippen LogP contribution in [-0.4, -0.2) is 66.0 Å². The molecule has 0 aliphatic carbocycles. The number of hydrogen-bond donors (Lipinski definition) is 1. The molecule has 1 N–H and O–H groups in total. The highest BCUT2D eigenvalue weighted by atomic mass is 16.5. The average Bonchev–Trinajstić information content (AvgIpc) is 3.20. The monoisotopic (exact) mass is 370 g/mol. The van der Waals surface area contributed by atoms with Crippen molar-refractivity contribution in [3.8, 4) is 5.75 Å². The fourth-order valence-corrected chi connectivity index (χ4v) is 3.75. The molecule has 0 bridgehead atoms. The van der Waals surface area contributed by atoms with Gasteiger partial charge in [-0.05, 0) is 49.4 Å². The Bertz CT molecular complexity index is 699. The van der Waals surface area contributed by atoms with Gasteiger partial charge in [-0.2, -0.15) is 0 Å². The zero-order valence-corrected chi connectivity index (χ0v) is 16.4. The molecule has 1 atom stereocenters. The maximum Gasteiger partial charge on any atom is 0.228 e. The number of aromatic amines is 1. The molecule has 1 aliphatic heterocycles. The van der Waals surface area contributed by atoms with Crippen LogP contribution < -0.4 is 4.74 Å². The Hall–Kier alpha value is -2.34. The maximum absolute atomic E-state index is 12.4. The second kappa shape index (κ2) is 9.55. The van der Waals surface area contributed by atoms with Crippen LogP contribution in [0.5, 0.6) is 5.75 Å². The first-order chi connectivity index (χ1) is 13.1. The van der Waals surface area contributed by atoms with Gasteiger partial charge in [0.15, 0.2) is 0 Å². The van der Waals surface area contributed by atoms with Crippen molar-refractivity contribution >= 4 is 5.91 Å². The number of carbonyl (C=O) groups excluding carboxylic acids is 1. The van der Waals surface area contributed by atoms with E-state index in [0.29, 0.717) is 12.3 Å². The number of ether oxygens (including phenoxy) is 1. The Morgan fingerprint density at radius 1 is 1.37 bits per heavy atom. The first-order valence-electron chi connectivity index (χ1n) is 9.70. The number of hydrogen-bond acceptors (Lipinski definition) is 4. The van der Waals surface area contributed by atoms with Crippen LogP contribution in [0.15, 0.2) is 36.8 Å². The standard InChI is InChI=1S/C21H30N4O2/c1-24(21(26)12-19-13-22-16-23-19)14-18-4-3-10-25(15-18)11-9-17-5-7-20(27-2)8-6-17/h5-8,13,16,18H,3-4,9-12,14-15H2,1-2H3,(H,22,23). The van der Waals surface area contributed by atoms with E-state index >= 15 is 0 Å². The second-order valence-corrected chi connectivity index (χ2v) is 7.43. The van der Waals surface area contributed by atoms with Crippen LogP contribution in [0.1, 0.15) is 24.1 Å². The average molecular weight is 370 g/mol. The Balaban J connectivity index is 1.43. The van der Waals surface area contributed by atoms with E-state index in [2.05, 4.69) is 27.0 Å². The van der Waals surface area contributed by atoms with Crippen LogP contribution in [0.2, 0.25) is 0 Å². The van der Waals surface area contributed by atoms with Gasteiger partial charge in [-0.1, -0.05) is 12.1 Å². The molecule has 146 valence electrons. The van der Waals surface area contributed by atoms with E-state index in [-0.39, 0.29) is 5.91 Å². The Morgan fingerprint density at radius 3 is 2.89 bits per heavy atom. The van der Waals surface area contributed by atoms with Gasteiger partial charge in [-0.3, -0.25) is 4.79 Å². The SMILES string of the molecule is COc1ccc(CCN2CCCC(CN(C)C(=O)Cc3cnc[nH]3)C2)cc1. The Labute approximate surface area is 161 Å². The summed E-state index contributed by atoms with van der Waals surface area (Å²) in [4.78, 5) is 23.8. The van der Waals surface area contributed by atoms with E-state index in [0.717, 1.165) is 44.0 Å². The normalized spacial score (nSPS) is 17.6. The number of aromatic nitrogens is 2. The molecule has 1 aliphatic rings.